The minimum absolute atomic E-state index is 0.0575. The van der Waals surface area contributed by atoms with Crippen molar-refractivity contribution in [3.8, 4) is 16.9 Å². The maximum Gasteiger partial charge on any atom is 0.356 e. The van der Waals surface area contributed by atoms with Crippen molar-refractivity contribution >= 4 is 24.5 Å². The normalized spacial score (nSPS) is 18.1. The molecular weight excluding hydrogens is 520 g/mol. The predicted molar refractivity (Wildman–Crippen MR) is 146 cm³/mol. The van der Waals surface area contributed by atoms with E-state index >= 15 is 0 Å². The van der Waals surface area contributed by atoms with Gasteiger partial charge in [-0.2, -0.15) is 0 Å². The van der Waals surface area contributed by atoms with Gasteiger partial charge in [-0.15, -0.1) is 0 Å². The maximum atomic E-state index is 13.6. The SMILES string of the molecule is O=C1C(CCC(O)c2ccccc2)C(c2ccc(-c3ccc(P(=O)(O)O)cc3)c(O)c2)N1c1ccc(F)cc1. The summed E-state index contributed by atoms with van der Waals surface area (Å²) in [5.41, 5.74) is 3.00. The Morgan fingerprint density at radius 3 is 2.18 bits per heavy atom. The van der Waals surface area contributed by atoms with Crippen molar-refractivity contribution in [2.75, 3.05) is 4.90 Å². The number of hydrogen-bond acceptors (Lipinski definition) is 4. The number of aliphatic hydroxyl groups is 1. The number of aromatic hydroxyl groups is 1. The van der Waals surface area contributed by atoms with Gasteiger partial charge in [0.15, 0.2) is 0 Å². The molecule has 4 aromatic rings. The third-order valence-electron chi connectivity index (χ3n) is 7.13. The number of phenolic OH excluding ortho intramolecular Hbond substituents is 1. The van der Waals surface area contributed by atoms with Gasteiger partial charge in [-0.1, -0.05) is 54.6 Å². The Morgan fingerprint density at radius 1 is 0.897 bits per heavy atom. The number of benzene rings is 4. The fraction of sp³-hybridized carbons (Fsp3) is 0.167. The lowest BCUT2D eigenvalue weighted by Gasteiger charge is -2.48. The number of carbonyl (C=O) groups is 1. The smallest absolute Gasteiger partial charge is 0.356 e. The third kappa shape index (κ3) is 5.51. The van der Waals surface area contributed by atoms with Crippen molar-refractivity contribution in [3.05, 3.63) is 114 Å². The van der Waals surface area contributed by atoms with E-state index in [0.29, 0.717) is 35.2 Å². The van der Waals surface area contributed by atoms with Crippen LogP contribution in [0.1, 0.15) is 36.1 Å². The fourth-order valence-corrected chi connectivity index (χ4v) is 5.63. The summed E-state index contributed by atoms with van der Waals surface area (Å²) < 4.78 is 25.1. The van der Waals surface area contributed by atoms with Crippen LogP contribution < -0.4 is 10.2 Å². The number of hydrogen-bond donors (Lipinski definition) is 4. The minimum atomic E-state index is -4.39. The summed E-state index contributed by atoms with van der Waals surface area (Å²) in [7, 11) is -4.39. The quantitative estimate of drug-likeness (QED) is 0.178. The number of β-lactam (4-membered cyclic amide) rings is 1. The van der Waals surface area contributed by atoms with E-state index < -0.39 is 31.5 Å². The second kappa shape index (κ2) is 10.8. The summed E-state index contributed by atoms with van der Waals surface area (Å²) >= 11 is 0. The van der Waals surface area contributed by atoms with E-state index in [1.54, 1.807) is 23.1 Å². The number of nitrogens with zero attached hydrogens (tertiary/aromatic N) is 1. The van der Waals surface area contributed by atoms with Crippen molar-refractivity contribution < 1.29 is 33.7 Å². The van der Waals surface area contributed by atoms with E-state index in [1.165, 1.54) is 48.5 Å². The zero-order chi connectivity index (χ0) is 27.7. The molecule has 0 saturated carbocycles. The minimum Gasteiger partial charge on any atom is -0.507 e. The van der Waals surface area contributed by atoms with Crippen LogP contribution in [0.5, 0.6) is 5.75 Å². The molecule has 0 aliphatic carbocycles. The predicted octanol–water partition coefficient (Wildman–Crippen LogP) is 5.22. The van der Waals surface area contributed by atoms with Gasteiger partial charge in [-0.3, -0.25) is 9.36 Å². The summed E-state index contributed by atoms with van der Waals surface area (Å²) in [5.74, 6) is -1.08. The zero-order valence-electron chi connectivity index (χ0n) is 20.8. The van der Waals surface area contributed by atoms with Gasteiger partial charge < -0.3 is 24.9 Å². The lowest BCUT2D eigenvalue weighted by atomic mass is 9.78. The standard InChI is InChI=1S/C30H27FNO6P/c31-22-9-11-23(12-10-22)32-29(26(30(32)35)16-17-27(33)20-4-2-1-3-5-20)21-8-15-25(28(34)18-21)19-6-13-24(14-7-19)39(36,37)38/h1-15,18,26-27,29,33-34H,16-17H2,(H2,36,37,38). The maximum absolute atomic E-state index is 13.6. The highest BCUT2D eigenvalue weighted by Crippen LogP contribution is 2.47. The van der Waals surface area contributed by atoms with E-state index in [2.05, 4.69) is 0 Å². The molecule has 200 valence electrons. The van der Waals surface area contributed by atoms with E-state index in [1.807, 2.05) is 30.3 Å². The number of phenols is 1. The van der Waals surface area contributed by atoms with E-state index in [9.17, 15) is 33.7 Å². The lowest BCUT2D eigenvalue weighted by molar-refractivity contribution is -0.131. The van der Waals surface area contributed by atoms with Crippen LogP contribution in [-0.4, -0.2) is 25.9 Å². The summed E-state index contributed by atoms with van der Waals surface area (Å²) in [4.78, 5) is 33.6. The summed E-state index contributed by atoms with van der Waals surface area (Å²) in [6.45, 7) is 0. The van der Waals surface area contributed by atoms with Gasteiger partial charge in [0.05, 0.1) is 23.4 Å². The van der Waals surface area contributed by atoms with Crippen LogP contribution in [0.2, 0.25) is 0 Å². The Balaban J connectivity index is 1.43. The Hall–Kier alpha value is -3.81. The van der Waals surface area contributed by atoms with Gasteiger partial charge in [-0.05, 0) is 72.0 Å². The molecule has 3 unspecified atom stereocenters. The highest BCUT2D eigenvalue weighted by molar-refractivity contribution is 7.60. The highest BCUT2D eigenvalue weighted by Gasteiger charge is 2.48. The Labute approximate surface area is 225 Å². The molecule has 0 spiro atoms. The van der Waals surface area contributed by atoms with Crippen LogP contribution in [0.25, 0.3) is 11.1 Å². The van der Waals surface area contributed by atoms with Crippen LogP contribution in [0.15, 0.2) is 97.1 Å². The molecule has 1 heterocycles. The van der Waals surface area contributed by atoms with Crippen LogP contribution in [0.4, 0.5) is 10.1 Å². The average Bonchev–Trinajstić information content (AvgIpc) is 2.92. The van der Waals surface area contributed by atoms with Gasteiger partial charge in [0, 0.05) is 11.3 Å². The summed E-state index contributed by atoms with van der Waals surface area (Å²) in [6, 6.07) is 25.1. The highest BCUT2D eigenvalue weighted by atomic mass is 31.2. The first-order valence-electron chi connectivity index (χ1n) is 12.4. The van der Waals surface area contributed by atoms with Gasteiger partial charge in [0.1, 0.15) is 11.6 Å². The number of rotatable bonds is 8. The molecule has 3 atom stereocenters. The summed E-state index contributed by atoms with van der Waals surface area (Å²) in [5, 5.41) is 21.5. The Kier molecular flexibility index (Phi) is 7.38. The largest absolute Gasteiger partial charge is 0.507 e. The van der Waals surface area contributed by atoms with Crippen LogP contribution in [0.3, 0.4) is 0 Å². The zero-order valence-corrected chi connectivity index (χ0v) is 21.7. The third-order valence-corrected chi connectivity index (χ3v) is 8.10. The molecule has 1 fully saturated rings. The molecule has 1 amide bonds. The lowest BCUT2D eigenvalue weighted by Crippen LogP contribution is -2.55. The molecule has 0 bridgehead atoms. The topological polar surface area (TPSA) is 118 Å². The molecule has 0 aromatic heterocycles. The average molecular weight is 548 g/mol. The Bertz CT molecular complexity index is 1520. The first kappa shape index (κ1) is 26.8. The molecule has 5 rings (SSSR count). The van der Waals surface area contributed by atoms with Gasteiger partial charge >= 0.3 is 7.60 Å². The fourth-order valence-electron chi connectivity index (χ4n) is 5.09. The van der Waals surface area contributed by atoms with E-state index in [0.717, 1.165) is 5.56 Å². The van der Waals surface area contributed by atoms with Crippen molar-refractivity contribution in [1.29, 1.82) is 0 Å². The second-order valence-corrected chi connectivity index (χ2v) is 11.2. The Morgan fingerprint density at radius 2 is 1.56 bits per heavy atom. The number of aliphatic hydroxyl groups excluding tert-OH is 1. The molecule has 1 saturated heterocycles. The molecule has 4 aromatic carbocycles. The van der Waals surface area contributed by atoms with Crippen LogP contribution in [0, 0.1) is 11.7 Å². The van der Waals surface area contributed by atoms with Crippen molar-refractivity contribution in [2.24, 2.45) is 5.92 Å². The molecule has 4 N–H and O–H groups in total. The summed E-state index contributed by atoms with van der Waals surface area (Å²) in [6.07, 6.45) is 0.0414. The number of anilines is 1. The second-order valence-electron chi connectivity index (χ2n) is 9.61. The molecule has 9 heteroatoms. The molecule has 7 nitrogen and oxygen atoms in total. The van der Waals surface area contributed by atoms with Crippen LogP contribution in [-0.2, 0) is 9.36 Å². The molecule has 1 aliphatic heterocycles. The first-order chi connectivity index (χ1) is 18.6. The van der Waals surface area contributed by atoms with Crippen molar-refractivity contribution in [1.82, 2.24) is 0 Å². The molecule has 39 heavy (non-hydrogen) atoms. The number of carbonyl (C=O) groups excluding carboxylic acids is 1. The molecule has 1 aliphatic rings. The monoisotopic (exact) mass is 547 g/mol. The van der Waals surface area contributed by atoms with E-state index in [4.69, 9.17) is 0 Å². The van der Waals surface area contributed by atoms with Crippen molar-refractivity contribution in [3.63, 3.8) is 0 Å². The van der Waals surface area contributed by atoms with Crippen LogP contribution >= 0.6 is 7.60 Å². The van der Waals surface area contributed by atoms with E-state index in [-0.39, 0.29) is 17.0 Å². The number of amides is 1. The van der Waals surface area contributed by atoms with Gasteiger partial charge in [0.25, 0.3) is 0 Å². The van der Waals surface area contributed by atoms with Gasteiger partial charge in [0.2, 0.25) is 5.91 Å². The first-order valence-corrected chi connectivity index (χ1v) is 14.1. The van der Waals surface area contributed by atoms with Crippen molar-refractivity contribution in [2.45, 2.75) is 25.0 Å². The number of halogens is 1. The molecule has 0 radical (unpaired) electrons. The van der Waals surface area contributed by atoms with Gasteiger partial charge in [-0.25, -0.2) is 4.39 Å². The molecular formula is C30H27FNO6P.